The highest BCUT2D eigenvalue weighted by Gasteiger charge is 2.18. The van der Waals surface area contributed by atoms with Crippen LogP contribution in [0.4, 0.5) is 0 Å². The number of halogens is 1. The number of hydrogen-bond acceptors (Lipinski definition) is 4. The molecule has 0 amide bonds. The number of methoxy groups -OCH3 is 1. The fourth-order valence-corrected chi connectivity index (χ4v) is 2.14. The lowest BCUT2D eigenvalue weighted by molar-refractivity contribution is 0.0562. The van der Waals surface area contributed by atoms with Gasteiger partial charge in [-0.25, -0.2) is 4.79 Å². The second-order valence-electron chi connectivity index (χ2n) is 3.69. The number of hydrogen-bond donors (Lipinski definition) is 1. The van der Waals surface area contributed by atoms with Gasteiger partial charge in [0.15, 0.2) is 0 Å². The minimum atomic E-state index is -0.513. The zero-order chi connectivity index (χ0) is 13.1. The van der Waals surface area contributed by atoms with Crippen LogP contribution in [0.1, 0.15) is 27.9 Å². The van der Waals surface area contributed by atoms with Crippen LogP contribution in [0.15, 0.2) is 45.3 Å². The first-order valence-electron chi connectivity index (χ1n) is 5.31. The predicted octanol–water partition coefficient (Wildman–Crippen LogP) is 2.88. The Balaban J connectivity index is 2.29. The van der Waals surface area contributed by atoms with Crippen LogP contribution in [-0.4, -0.2) is 13.1 Å². The van der Waals surface area contributed by atoms with E-state index in [1.807, 2.05) is 24.3 Å². The highest BCUT2D eigenvalue weighted by molar-refractivity contribution is 9.10. The highest BCUT2D eigenvalue weighted by atomic mass is 79.9. The monoisotopic (exact) mass is 309 g/mol. The summed E-state index contributed by atoms with van der Waals surface area (Å²) in [5, 5.41) is 0. The topological polar surface area (TPSA) is 65.5 Å². The van der Waals surface area contributed by atoms with Crippen LogP contribution >= 0.6 is 15.9 Å². The third kappa shape index (κ3) is 2.47. The number of ether oxygens (including phenoxy) is 1. The Bertz CT molecular complexity index is 565. The largest absolute Gasteiger partial charge is 0.463 e. The van der Waals surface area contributed by atoms with E-state index < -0.39 is 12.0 Å². The summed E-state index contributed by atoms with van der Waals surface area (Å²) in [5.41, 5.74) is 6.99. The van der Waals surface area contributed by atoms with E-state index in [0.717, 1.165) is 10.0 Å². The first kappa shape index (κ1) is 12.9. The summed E-state index contributed by atoms with van der Waals surface area (Å²) in [6.45, 7) is 0. The standard InChI is InChI=1S/C13H12BrNO3/c1-17-13(16)11-7-6-10(18-11)12(15)8-4-2-3-5-9(8)14/h2-7,12H,15H2,1H3. The third-order valence-electron chi connectivity index (χ3n) is 2.56. The summed E-state index contributed by atoms with van der Waals surface area (Å²) in [4.78, 5) is 11.3. The van der Waals surface area contributed by atoms with Crippen molar-refractivity contribution in [2.45, 2.75) is 6.04 Å². The Kier molecular flexibility index (Phi) is 3.84. The zero-order valence-electron chi connectivity index (χ0n) is 9.72. The SMILES string of the molecule is COC(=O)c1ccc(C(N)c2ccccc2Br)o1. The molecule has 1 aromatic carbocycles. The molecular formula is C13H12BrNO3. The molecule has 4 nitrogen and oxygen atoms in total. The number of esters is 1. The molecule has 1 unspecified atom stereocenters. The number of nitrogens with two attached hydrogens (primary N) is 1. The number of benzene rings is 1. The van der Waals surface area contributed by atoms with Crippen LogP contribution < -0.4 is 5.73 Å². The molecule has 0 saturated carbocycles. The molecule has 0 aliphatic heterocycles. The van der Waals surface area contributed by atoms with E-state index >= 15 is 0 Å². The molecular weight excluding hydrogens is 298 g/mol. The summed E-state index contributed by atoms with van der Waals surface area (Å²) in [6, 6.07) is 10.4. The minimum absolute atomic E-state index is 0.148. The molecule has 2 N–H and O–H groups in total. The molecule has 0 bridgehead atoms. The smallest absolute Gasteiger partial charge is 0.373 e. The molecule has 0 spiro atoms. The summed E-state index contributed by atoms with van der Waals surface area (Å²) in [7, 11) is 1.30. The maximum absolute atomic E-state index is 11.3. The number of carbonyl (C=O) groups is 1. The van der Waals surface area contributed by atoms with Gasteiger partial charge in [-0.05, 0) is 23.8 Å². The van der Waals surface area contributed by atoms with Gasteiger partial charge in [-0.15, -0.1) is 0 Å². The van der Waals surface area contributed by atoms with Crippen molar-refractivity contribution < 1.29 is 13.9 Å². The third-order valence-corrected chi connectivity index (χ3v) is 3.28. The predicted molar refractivity (Wildman–Crippen MR) is 70.2 cm³/mol. The van der Waals surface area contributed by atoms with Gasteiger partial charge in [0.1, 0.15) is 5.76 Å². The van der Waals surface area contributed by atoms with E-state index in [2.05, 4.69) is 20.7 Å². The van der Waals surface area contributed by atoms with Gasteiger partial charge in [-0.2, -0.15) is 0 Å². The second-order valence-corrected chi connectivity index (χ2v) is 4.55. The average molecular weight is 310 g/mol. The Morgan fingerprint density at radius 3 is 2.72 bits per heavy atom. The van der Waals surface area contributed by atoms with Crippen LogP contribution in [-0.2, 0) is 4.74 Å². The van der Waals surface area contributed by atoms with Gasteiger partial charge in [0.2, 0.25) is 5.76 Å². The van der Waals surface area contributed by atoms with Gasteiger partial charge in [0.05, 0.1) is 13.2 Å². The Hall–Kier alpha value is -1.59. The molecule has 0 saturated heterocycles. The van der Waals surface area contributed by atoms with Crippen molar-refractivity contribution in [2.75, 3.05) is 7.11 Å². The van der Waals surface area contributed by atoms with E-state index in [1.165, 1.54) is 7.11 Å². The molecule has 18 heavy (non-hydrogen) atoms. The molecule has 1 aromatic heterocycles. The van der Waals surface area contributed by atoms with Gasteiger partial charge in [-0.3, -0.25) is 0 Å². The number of carbonyl (C=O) groups excluding carboxylic acids is 1. The summed E-state index contributed by atoms with van der Waals surface area (Å²) in [6.07, 6.45) is 0. The van der Waals surface area contributed by atoms with Crippen molar-refractivity contribution in [3.05, 3.63) is 58.0 Å². The van der Waals surface area contributed by atoms with E-state index in [-0.39, 0.29) is 5.76 Å². The van der Waals surface area contributed by atoms with Crippen molar-refractivity contribution in [2.24, 2.45) is 5.73 Å². The van der Waals surface area contributed by atoms with Crippen molar-refractivity contribution in [3.63, 3.8) is 0 Å². The quantitative estimate of drug-likeness (QED) is 0.885. The van der Waals surface area contributed by atoms with Gasteiger partial charge < -0.3 is 14.9 Å². The normalized spacial score (nSPS) is 12.2. The Morgan fingerprint density at radius 1 is 1.33 bits per heavy atom. The van der Waals surface area contributed by atoms with Crippen LogP contribution in [0.3, 0.4) is 0 Å². The number of furan rings is 1. The fourth-order valence-electron chi connectivity index (χ4n) is 1.61. The van der Waals surface area contributed by atoms with Gasteiger partial charge in [0.25, 0.3) is 0 Å². The van der Waals surface area contributed by atoms with E-state index in [1.54, 1.807) is 12.1 Å². The average Bonchev–Trinajstić information content (AvgIpc) is 2.87. The van der Waals surface area contributed by atoms with Crippen LogP contribution in [0, 0.1) is 0 Å². The van der Waals surface area contributed by atoms with Crippen LogP contribution in [0.5, 0.6) is 0 Å². The maximum atomic E-state index is 11.3. The molecule has 1 atom stereocenters. The van der Waals surface area contributed by atoms with Crippen molar-refractivity contribution in [1.29, 1.82) is 0 Å². The molecule has 94 valence electrons. The molecule has 2 aromatic rings. The lowest BCUT2D eigenvalue weighted by Crippen LogP contribution is -2.11. The molecule has 2 rings (SSSR count). The second kappa shape index (κ2) is 5.37. The highest BCUT2D eigenvalue weighted by Crippen LogP contribution is 2.27. The molecule has 5 heteroatoms. The van der Waals surface area contributed by atoms with Crippen molar-refractivity contribution in [1.82, 2.24) is 0 Å². The lowest BCUT2D eigenvalue weighted by atomic mass is 10.1. The molecule has 0 radical (unpaired) electrons. The Labute approximate surface area is 113 Å². The van der Waals surface area contributed by atoms with Gasteiger partial charge >= 0.3 is 5.97 Å². The molecule has 0 aliphatic rings. The lowest BCUT2D eigenvalue weighted by Gasteiger charge is -2.10. The van der Waals surface area contributed by atoms with Crippen molar-refractivity contribution >= 4 is 21.9 Å². The van der Waals surface area contributed by atoms with E-state index in [9.17, 15) is 4.79 Å². The molecule has 0 aliphatic carbocycles. The summed E-state index contributed by atoms with van der Waals surface area (Å²) >= 11 is 3.43. The first-order chi connectivity index (χ1) is 8.63. The summed E-state index contributed by atoms with van der Waals surface area (Å²) in [5.74, 6) is 0.151. The minimum Gasteiger partial charge on any atom is -0.463 e. The molecule has 1 heterocycles. The maximum Gasteiger partial charge on any atom is 0.373 e. The van der Waals surface area contributed by atoms with Gasteiger partial charge in [0, 0.05) is 4.47 Å². The van der Waals surface area contributed by atoms with Crippen molar-refractivity contribution in [3.8, 4) is 0 Å². The summed E-state index contributed by atoms with van der Waals surface area (Å²) < 4.78 is 10.9. The van der Waals surface area contributed by atoms with Crippen LogP contribution in [0.25, 0.3) is 0 Å². The molecule has 0 fully saturated rings. The van der Waals surface area contributed by atoms with Gasteiger partial charge in [-0.1, -0.05) is 34.1 Å². The fraction of sp³-hybridized carbons (Fsp3) is 0.154. The Morgan fingerprint density at radius 2 is 2.06 bits per heavy atom. The van der Waals surface area contributed by atoms with E-state index in [4.69, 9.17) is 10.2 Å². The first-order valence-corrected chi connectivity index (χ1v) is 6.11. The van der Waals surface area contributed by atoms with Crippen LogP contribution in [0.2, 0.25) is 0 Å². The zero-order valence-corrected chi connectivity index (χ0v) is 11.3. The number of rotatable bonds is 3. The van der Waals surface area contributed by atoms with E-state index in [0.29, 0.717) is 5.76 Å².